The Bertz CT molecular complexity index is 280. The summed E-state index contributed by atoms with van der Waals surface area (Å²) in [5.74, 6) is 0. The number of halogens is 1. The van der Waals surface area contributed by atoms with Crippen LogP contribution in [0.5, 0.6) is 0 Å². The molecule has 0 saturated heterocycles. The van der Waals surface area contributed by atoms with Crippen molar-refractivity contribution in [2.24, 2.45) is 0 Å². The van der Waals surface area contributed by atoms with Crippen molar-refractivity contribution in [3.05, 3.63) is 40.4 Å². The number of hydrogen-bond acceptors (Lipinski definition) is 2. The molecular formula is C11H13BrO2. The van der Waals surface area contributed by atoms with E-state index in [2.05, 4.69) is 15.9 Å². The van der Waals surface area contributed by atoms with Gasteiger partial charge in [-0.2, -0.15) is 0 Å². The lowest BCUT2D eigenvalue weighted by atomic mass is 10.2. The first kappa shape index (κ1) is 11.4. The van der Waals surface area contributed by atoms with E-state index in [1.54, 1.807) is 0 Å². The molecule has 2 nitrogen and oxygen atoms in total. The molecule has 1 aromatic carbocycles. The molecule has 0 unspecified atom stereocenters. The lowest BCUT2D eigenvalue weighted by Crippen LogP contribution is -1.92. The fourth-order valence-electron chi connectivity index (χ4n) is 0.929. The predicted octanol–water partition coefficient (Wildman–Crippen LogP) is 3.43. The van der Waals surface area contributed by atoms with Crippen LogP contribution in [0.2, 0.25) is 0 Å². The highest BCUT2D eigenvalue weighted by atomic mass is 79.9. The fourth-order valence-corrected chi connectivity index (χ4v) is 1.19. The van der Waals surface area contributed by atoms with Crippen LogP contribution < -0.4 is 0 Å². The van der Waals surface area contributed by atoms with Crippen LogP contribution in [0.4, 0.5) is 0 Å². The summed E-state index contributed by atoms with van der Waals surface area (Å²) in [6, 6.07) is 8.06. The van der Waals surface area contributed by atoms with Crippen LogP contribution in [-0.2, 0) is 9.78 Å². The van der Waals surface area contributed by atoms with Gasteiger partial charge in [-0.25, -0.2) is 9.78 Å². The summed E-state index contributed by atoms with van der Waals surface area (Å²) in [7, 11) is 0. The summed E-state index contributed by atoms with van der Waals surface area (Å²) < 4.78 is 1.08. The van der Waals surface area contributed by atoms with E-state index in [1.165, 1.54) is 0 Å². The molecular weight excluding hydrogens is 244 g/mol. The molecule has 76 valence electrons. The van der Waals surface area contributed by atoms with Gasteiger partial charge in [0.15, 0.2) is 0 Å². The van der Waals surface area contributed by atoms with Gasteiger partial charge in [-0.1, -0.05) is 40.2 Å². The van der Waals surface area contributed by atoms with Gasteiger partial charge < -0.3 is 0 Å². The van der Waals surface area contributed by atoms with Crippen LogP contribution in [0, 0.1) is 0 Å². The van der Waals surface area contributed by atoms with Gasteiger partial charge in [-0.3, -0.25) is 0 Å². The molecule has 0 saturated carbocycles. The van der Waals surface area contributed by atoms with Crippen molar-refractivity contribution >= 4 is 22.0 Å². The fraction of sp³-hybridized carbons (Fsp3) is 0.273. The normalized spacial score (nSPS) is 11.0. The Morgan fingerprint density at radius 1 is 1.21 bits per heavy atom. The van der Waals surface area contributed by atoms with Gasteiger partial charge in [0.05, 0.1) is 6.61 Å². The van der Waals surface area contributed by atoms with Crippen LogP contribution in [0.3, 0.4) is 0 Å². The molecule has 1 aromatic rings. The maximum atomic E-state index is 4.83. The molecule has 0 amide bonds. The molecule has 0 aliphatic heterocycles. The molecule has 0 bridgehead atoms. The van der Waals surface area contributed by atoms with Gasteiger partial charge in [0.1, 0.15) is 6.61 Å². The maximum Gasteiger partial charge on any atom is 0.101 e. The summed E-state index contributed by atoms with van der Waals surface area (Å²) in [5.41, 5.74) is 1.15. The van der Waals surface area contributed by atoms with Gasteiger partial charge in [-0.15, -0.1) is 0 Å². The lowest BCUT2D eigenvalue weighted by Gasteiger charge is -1.96. The highest BCUT2D eigenvalue weighted by Crippen LogP contribution is 2.11. The average molecular weight is 257 g/mol. The quantitative estimate of drug-likeness (QED) is 0.457. The van der Waals surface area contributed by atoms with Crippen LogP contribution in [0.15, 0.2) is 34.8 Å². The highest BCUT2D eigenvalue weighted by molar-refractivity contribution is 9.10. The van der Waals surface area contributed by atoms with E-state index in [0.717, 1.165) is 10.0 Å². The maximum absolute atomic E-state index is 4.83. The van der Waals surface area contributed by atoms with Crippen molar-refractivity contribution in [1.82, 2.24) is 0 Å². The minimum Gasteiger partial charge on any atom is -0.237 e. The number of rotatable bonds is 5. The Hall–Kier alpha value is -0.640. The van der Waals surface area contributed by atoms with Gasteiger partial charge >= 0.3 is 0 Å². The van der Waals surface area contributed by atoms with E-state index in [-0.39, 0.29) is 0 Å². The molecule has 0 N–H and O–H groups in total. The second-order valence-corrected chi connectivity index (χ2v) is 3.56. The largest absolute Gasteiger partial charge is 0.237 e. The first-order valence-electron chi connectivity index (χ1n) is 4.49. The summed E-state index contributed by atoms with van der Waals surface area (Å²) in [6.07, 6.45) is 3.91. The van der Waals surface area contributed by atoms with Gasteiger partial charge in [0.2, 0.25) is 0 Å². The van der Waals surface area contributed by atoms with E-state index in [1.807, 2.05) is 43.3 Å². The Balaban J connectivity index is 2.33. The first-order chi connectivity index (χ1) is 6.83. The van der Waals surface area contributed by atoms with Crippen LogP contribution in [0.1, 0.15) is 12.5 Å². The molecule has 0 aliphatic carbocycles. The Morgan fingerprint density at radius 2 is 1.93 bits per heavy atom. The smallest absolute Gasteiger partial charge is 0.101 e. The van der Waals surface area contributed by atoms with Crippen molar-refractivity contribution in [1.29, 1.82) is 0 Å². The van der Waals surface area contributed by atoms with Crippen molar-refractivity contribution < 1.29 is 9.78 Å². The minimum absolute atomic E-state index is 0.476. The van der Waals surface area contributed by atoms with Crippen molar-refractivity contribution in [3.8, 4) is 0 Å². The average Bonchev–Trinajstić information content (AvgIpc) is 2.21. The molecule has 0 fully saturated rings. The molecule has 0 aromatic heterocycles. The minimum atomic E-state index is 0.476. The van der Waals surface area contributed by atoms with Crippen LogP contribution in [-0.4, -0.2) is 13.2 Å². The highest BCUT2D eigenvalue weighted by Gasteiger charge is 1.87. The zero-order valence-electron chi connectivity index (χ0n) is 8.07. The second-order valence-electron chi connectivity index (χ2n) is 2.64. The summed E-state index contributed by atoms with van der Waals surface area (Å²) in [5, 5.41) is 0. The summed E-state index contributed by atoms with van der Waals surface area (Å²) in [6.45, 7) is 2.94. The van der Waals surface area contributed by atoms with Gasteiger partial charge in [0, 0.05) is 4.47 Å². The Labute approximate surface area is 92.6 Å². The van der Waals surface area contributed by atoms with Crippen molar-refractivity contribution in [3.63, 3.8) is 0 Å². The molecule has 0 aliphatic rings. The van der Waals surface area contributed by atoms with Crippen molar-refractivity contribution in [2.45, 2.75) is 6.92 Å². The summed E-state index contributed by atoms with van der Waals surface area (Å²) >= 11 is 3.38. The first-order valence-corrected chi connectivity index (χ1v) is 5.28. The van der Waals surface area contributed by atoms with Crippen LogP contribution >= 0.6 is 15.9 Å². The third kappa shape index (κ3) is 4.56. The molecule has 14 heavy (non-hydrogen) atoms. The Kier molecular flexibility index (Phi) is 5.52. The molecule has 3 heteroatoms. The van der Waals surface area contributed by atoms with E-state index in [0.29, 0.717) is 13.2 Å². The predicted molar refractivity (Wildman–Crippen MR) is 60.8 cm³/mol. The van der Waals surface area contributed by atoms with Gasteiger partial charge in [0.25, 0.3) is 0 Å². The molecule has 0 spiro atoms. The van der Waals surface area contributed by atoms with Crippen LogP contribution in [0.25, 0.3) is 6.08 Å². The molecule has 0 radical (unpaired) electrons. The topological polar surface area (TPSA) is 18.5 Å². The molecule has 0 atom stereocenters. The third-order valence-electron chi connectivity index (χ3n) is 1.55. The summed E-state index contributed by atoms with van der Waals surface area (Å²) in [4.78, 5) is 9.56. The zero-order chi connectivity index (χ0) is 10.2. The lowest BCUT2D eigenvalue weighted by molar-refractivity contribution is -0.282. The Morgan fingerprint density at radius 3 is 2.57 bits per heavy atom. The number of hydrogen-bond donors (Lipinski definition) is 0. The SMILES string of the molecule is CCOOC/C=C\c1ccc(Br)cc1. The van der Waals surface area contributed by atoms with E-state index in [4.69, 9.17) is 9.78 Å². The molecule has 0 heterocycles. The van der Waals surface area contributed by atoms with E-state index < -0.39 is 0 Å². The molecule has 1 rings (SSSR count). The van der Waals surface area contributed by atoms with E-state index >= 15 is 0 Å². The van der Waals surface area contributed by atoms with Gasteiger partial charge in [-0.05, 0) is 24.6 Å². The standard InChI is InChI=1S/C11H13BrO2/c1-2-13-14-9-3-4-10-5-7-11(12)8-6-10/h3-8H,2,9H2,1H3/b4-3-. The second kappa shape index (κ2) is 6.76. The van der Waals surface area contributed by atoms with Crippen molar-refractivity contribution in [2.75, 3.05) is 13.2 Å². The third-order valence-corrected chi connectivity index (χ3v) is 2.07. The van der Waals surface area contributed by atoms with E-state index in [9.17, 15) is 0 Å². The monoisotopic (exact) mass is 256 g/mol. The number of benzene rings is 1. The zero-order valence-corrected chi connectivity index (χ0v) is 9.66.